The standard InChI is InChI=1S/C17H16Cl2N2O4/c1-3-25-14-8-13(18)15(19)12(16(14)22)9-20-21-17(23)10-4-6-11(24-2)7-5-10/h4-9,22H,3H2,1-2H3,(H,21,23). The number of ether oxygens (including phenoxy) is 2. The monoisotopic (exact) mass is 382 g/mol. The van der Waals surface area contributed by atoms with Crippen molar-refractivity contribution in [1.29, 1.82) is 0 Å². The summed E-state index contributed by atoms with van der Waals surface area (Å²) in [4.78, 5) is 12.0. The maximum absolute atomic E-state index is 12.0. The highest BCUT2D eigenvalue weighted by Crippen LogP contribution is 2.39. The van der Waals surface area contributed by atoms with E-state index in [2.05, 4.69) is 10.5 Å². The van der Waals surface area contributed by atoms with Crippen LogP contribution in [0, 0.1) is 0 Å². The number of phenols is 1. The normalized spacial score (nSPS) is 10.7. The third-order valence-electron chi connectivity index (χ3n) is 3.20. The largest absolute Gasteiger partial charge is 0.504 e. The first-order valence-electron chi connectivity index (χ1n) is 7.29. The molecule has 2 N–H and O–H groups in total. The lowest BCUT2D eigenvalue weighted by Crippen LogP contribution is -2.17. The van der Waals surface area contributed by atoms with Gasteiger partial charge in [-0.25, -0.2) is 5.43 Å². The number of hydrogen-bond acceptors (Lipinski definition) is 5. The molecule has 8 heteroatoms. The van der Waals surface area contributed by atoms with Crippen LogP contribution in [-0.4, -0.2) is 30.9 Å². The number of benzene rings is 2. The number of aromatic hydroxyl groups is 1. The molecule has 0 bridgehead atoms. The van der Waals surface area contributed by atoms with Crippen LogP contribution in [0.4, 0.5) is 0 Å². The molecule has 2 aromatic carbocycles. The van der Waals surface area contributed by atoms with Gasteiger partial charge in [0.2, 0.25) is 0 Å². The Hall–Kier alpha value is -2.44. The minimum Gasteiger partial charge on any atom is -0.504 e. The van der Waals surface area contributed by atoms with Crippen LogP contribution in [-0.2, 0) is 0 Å². The Kier molecular flexibility index (Phi) is 6.50. The zero-order valence-electron chi connectivity index (χ0n) is 13.5. The minimum atomic E-state index is -0.429. The molecule has 25 heavy (non-hydrogen) atoms. The number of hydrazone groups is 1. The van der Waals surface area contributed by atoms with Crippen LogP contribution in [0.2, 0.25) is 10.0 Å². The highest BCUT2D eigenvalue weighted by molar-refractivity contribution is 6.43. The molecule has 1 amide bonds. The van der Waals surface area contributed by atoms with Crippen molar-refractivity contribution in [3.05, 3.63) is 51.5 Å². The van der Waals surface area contributed by atoms with Crippen molar-refractivity contribution < 1.29 is 19.4 Å². The quantitative estimate of drug-likeness (QED) is 0.586. The Morgan fingerprint density at radius 3 is 2.60 bits per heavy atom. The van der Waals surface area contributed by atoms with Gasteiger partial charge in [0.05, 0.1) is 35.5 Å². The maximum Gasteiger partial charge on any atom is 0.271 e. The first-order chi connectivity index (χ1) is 12.0. The minimum absolute atomic E-state index is 0.102. The molecule has 0 atom stereocenters. The van der Waals surface area contributed by atoms with Crippen molar-refractivity contribution in [2.24, 2.45) is 5.10 Å². The first kappa shape index (κ1) is 18.9. The number of nitrogens with one attached hydrogen (secondary N) is 1. The van der Waals surface area contributed by atoms with Gasteiger partial charge in [0.1, 0.15) is 5.75 Å². The van der Waals surface area contributed by atoms with Crippen LogP contribution >= 0.6 is 23.2 Å². The Morgan fingerprint density at radius 2 is 2.00 bits per heavy atom. The molecule has 0 radical (unpaired) electrons. The molecule has 0 heterocycles. The predicted molar refractivity (Wildman–Crippen MR) is 97.4 cm³/mol. The van der Waals surface area contributed by atoms with E-state index in [0.717, 1.165) is 0 Å². The average molecular weight is 383 g/mol. The first-order valence-corrected chi connectivity index (χ1v) is 8.04. The second-order valence-corrected chi connectivity index (χ2v) is 5.58. The van der Waals surface area contributed by atoms with E-state index in [1.807, 2.05) is 0 Å². The van der Waals surface area contributed by atoms with Crippen LogP contribution in [0.1, 0.15) is 22.8 Å². The fourth-order valence-corrected chi connectivity index (χ4v) is 2.35. The van der Waals surface area contributed by atoms with E-state index in [9.17, 15) is 9.90 Å². The van der Waals surface area contributed by atoms with E-state index in [-0.39, 0.29) is 27.1 Å². The van der Waals surface area contributed by atoms with Gasteiger partial charge in [0.15, 0.2) is 11.5 Å². The molecule has 2 rings (SSSR count). The number of carbonyl (C=O) groups is 1. The van der Waals surface area contributed by atoms with E-state index in [4.69, 9.17) is 32.7 Å². The van der Waals surface area contributed by atoms with Crippen molar-refractivity contribution in [3.8, 4) is 17.2 Å². The fraction of sp³-hybridized carbons (Fsp3) is 0.176. The Bertz CT molecular complexity index is 792. The highest BCUT2D eigenvalue weighted by atomic mass is 35.5. The molecule has 0 aromatic heterocycles. The predicted octanol–water partition coefficient (Wildman–Crippen LogP) is 3.87. The zero-order valence-corrected chi connectivity index (χ0v) is 15.1. The van der Waals surface area contributed by atoms with Crippen LogP contribution in [0.5, 0.6) is 17.2 Å². The molecule has 0 saturated carbocycles. The van der Waals surface area contributed by atoms with E-state index in [0.29, 0.717) is 17.9 Å². The molecule has 6 nitrogen and oxygen atoms in total. The van der Waals surface area contributed by atoms with Gasteiger partial charge in [-0.2, -0.15) is 5.10 Å². The molecular formula is C17H16Cl2N2O4. The number of methoxy groups -OCH3 is 1. The summed E-state index contributed by atoms with van der Waals surface area (Å²) < 4.78 is 10.3. The lowest BCUT2D eigenvalue weighted by atomic mass is 10.2. The number of carbonyl (C=O) groups excluding carboxylic acids is 1. The number of rotatable bonds is 6. The van der Waals surface area contributed by atoms with Crippen LogP contribution in [0.3, 0.4) is 0 Å². The molecule has 0 unspecified atom stereocenters. The van der Waals surface area contributed by atoms with Crippen molar-refractivity contribution >= 4 is 35.3 Å². The lowest BCUT2D eigenvalue weighted by Gasteiger charge is -2.10. The highest BCUT2D eigenvalue weighted by Gasteiger charge is 2.15. The summed E-state index contributed by atoms with van der Waals surface area (Å²) in [6, 6.07) is 7.93. The van der Waals surface area contributed by atoms with Gasteiger partial charge in [-0.3, -0.25) is 4.79 Å². The van der Waals surface area contributed by atoms with Gasteiger partial charge < -0.3 is 14.6 Å². The number of amides is 1. The number of nitrogens with zero attached hydrogens (tertiary/aromatic N) is 1. The number of phenolic OH excluding ortho intramolecular Hbond substituents is 1. The van der Waals surface area contributed by atoms with Crippen molar-refractivity contribution in [3.63, 3.8) is 0 Å². The molecule has 0 spiro atoms. The summed E-state index contributed by atoms with van der Waals surface area (Å²) in [6.07, 6.45) is 1.20. The molecule has 132 valence electrons. The van der Waals surface area contributed by atoms with Gasteiger partial charge in [0, 0.05) is 11.6 Å². The lowest BCUT2D eigenvalue weighted by molar-refractivity contribution is 0.0955. The molecule has 0 aliphatic carbocycles. The van der Waals surface area contributed by atoms with E-state index < -0.39 is 5.91 Å². The van der Waals surface area contributed by atoms with Gasteiger partial charge in [0.25, 0.3) is 5.91 Å². The number of halogens is 2. The fourth-order valence-electron chi connectivity index (χ4n) is 1.96. The summed E-state index contributed by atoms with van der Waals surface area (Å²) >= 11 is 12.1. The molecular weight excluding hydrogens is 367 g/mol. The van der Waals surface area contributed by atoms with Gasteiger partial charge in [-0.1, -0.05) is 23.2 Å². The van der Waals surface area contributed by atoms with E-state index >= 15 is 0 Å². The summed E-state index contributed by atoms with van der Waals surface area (Å²) in [6.45, 7) is 2.11. The number of hydrogen-bond donors (Lipinski definition) is 2. The van der Waals surface area contributed by atoms with Crippen LogP contribution in [0.25, 0.3) is 0 Å². The Labute approximate surface area is 155 Å². The van der Waals surface area contributed by atoms with Crippen molar-refractivity contribution in [1.82, 2.24) is 5.43 Å². The molecule has 0 aliphatic heterocycles. The van der Waals surface area contributed by atoms with Gasteiger partial charge in [-0.15, -0.1) is 0 Å². The zero-order chi connectivity index (χ0) is 18.4. The third kappa shape index (κ3) is 4.55. The third-order valence-corrected chi connectivity index (χ3v) is 4.01. The molecule has 0 fully saturated rings. The van der Waals surface area contributed by atoms with Crippen LogP contribution < -0.4 is 14.9 Å². The average Bonchev–Trinajstić information content (AvgIpc) is 2.62. The summed E-state index contributed by atoms with van der Waals surface area (Å²) in [5.74, 6) is 0.180. The topological polar surface area (TPSA) is 80.2 Å². The summed E-state index contributed by atoms with van der Waals surface area (Å²) in [5, 5.41) is 14.3. The van der Waals surface area contributed by atoms with Crippen molar-refractivity contribution in [2.45, 2.75) is 6.92 Å². The SMILES string of the molecule is CCOc1cc(Cl)c(Cl)c(C=NNC(=O)c2ccc(OC)cc2)c1O. The van der Waals surface area contributed by atoms with Gasteiger partial charge >= 0.3 is 0 Å². The van der Waals surface area contributed by atoms with Gasteiger partial charge in [-0.05, 0) is 31.2 Å². The Balaban J connectivity index is 2.17. The Morgan fingerprint density at radius 1 is 1.32 bits per heavy atom. The van der Waals surface area contributed by atoms with E-state index in [1.54, 1.807) is 31.2 Å². The van der Waals surface area contributed by atoms with Crippen LogP contribution in [0.15, 0.2) is 35.4 Å². The van der Waals surface area contributed by atoms with Crippen molar-refractivity contribution in [2.75, 3.05) is 13.7 Å². The molecule has 2 aromatic rings. The smallest absolute Gasteiger partial charge is 0.271 e. The second kappa shape index (κ2) is 8.60. The summed E-state index contributed by atoms with van der Waals surface area (Å²) in [5.41, 5.74) is 2.89. The maximum atomic E-state index is 12.0. The molecule has 0 aliphatic rings. The van der Waals surface area contributed by atoms with E-state index in [1.165, 1.54) is 19.4 Å². The second-order valence-electron chi connectivity index (χ2n) is 4.79. The molecule has 0 saturated heterocycles. The summed E-state index contributed by atoms with van der Waals surface area (Å²) in [7, 11) is 1.54.